The van der Waals surface area contributed by atoms with Gasteiger partial charge in [0.2, 0.25) is 0 Å². The van der Waals surface area contributed by atoms with E-state index in [1.165, 1.54) is 44.9 Å². The normalized spacial score (nSPS) is 20.1. The Bertz CT molecular complexity index is 1310. The van der Waals surface area contributed by atoms with Gasteiger partial charge in [-0.1, -0.05) is 142 Å². The lowest BCUT2D eigenvalue weighted by molar-refractivity contribution is -0.161. The Balaban J connectivity index is 2.54. The van der Waals surface area contributed by atoms with E-state index in [4.69, 9.17) is 23.8 Å². The highest BCUT2D eigenvalue weighted by Crippen LogP contribution is 2.44. The van der Waals surface area contributed by atoms with Crippen LogP contribution in [0.15, 0.2) is 12.2 Å². The van der Waals surface area contributed by atoms with Gasteiger partial charge in [0.15, 0.2) is 6.10 Å². The Hall–Kier alpha value is -1.55. The number of aliphatic hydroxyl groups is 3. The number of ether oxygens (including phenoxy) is 2. The van der Waals surface area contributed by atoms with Gasteiger partial charge in [-0.15, -0.1) is 0 Å². The van der Waals surface area contributed by atoms with E-state index in [0.717, 1.165) is 57.3 Å². The highest BCUT2D eigenvalue weighted by molar-refractivity contribution is 7.47. The third-order valence-corrected chi connectivity index (χ3v) is 12.5. The van der Waals surface area contributed by atoms with Crippen LogP contribution in [0.3, 0.4) is 0 Å². The number of carbonyl (C=O) groups is 3. The number of aliphatic hydroxyl groups excluding tert-OH is 3. The van der Waals surface area contributed by atoms with E-state index in [1.807, 2.05) is 0 Å². The number of hydrogen-bond acceptors (Lipinski definition) is 13. The van der Waals surface area contributed by atoms with E-state index in [9.17, 15) is 43.7 Å². The second-order valence-electron chi connectivity index (χ2n) is 16.7. The average Bonchev–Trinajstić information content (AvgIpc) is 3.48. The summed E-state index contributed by atoms with van der Waals surface area (Å²) in [4.78, 5) is 65.5. The minimum absolute atomic E-state index is 0.00640. The summed E-state index contributed by atoms with van der Waals surface area (Å²) in [5.74, 6) is -1.09. The van der Waals surface area contributed by atoms with Crippen LogP contribution in [0.4, 0.5) is 0 Å². The van der Waals surface area contributed by atoms with Crippen molar-refractivity contribution in [1.82, 2.24) is 0 Å². The standard InChI is InChI=1S/C43H80O16P2/c1-4-6-17-23-35(44)27-28-39-38(40(46)29-41(39)47)24-19-15-16-21-26-43(49)59-37(33-58-61(53,54)57-31-36(45)30-56-60(50,51)52)32-55-42(48)25-20-14-12-10-8-7-9-11-13-18-22-34(3)5-2/h27-28,34-40,44-46H,4-26,29-33H2,1-3H3,(H,53,54)(H2,50,51,52)/b28-27+/t34?,35-,36-,37+,38+,39+,40-/m0/s1. The van der Waals surface area contributed by atoms with Crippen LogP contribution in [-0.4, -0.2) is 98.6 Å². The van der Waals surface area contributed by atoms with Crippen LogP contribution < -0.4 is 0 Å². The predicted molar refractivity (Wildman–Crippen MR) is 231 cm³/mol. The summed E-state index contributed by atoms with van der Waals surface area (Å²) >= 11 is 0. The fourth-order valence-electron chi connectivity index (χ4n) is 7.17. The number of esters is 2. The molecule has 0 aromatic rings. The van der Waals surface area contributed by atoms with Gasteiger partial charge in [0.25, 0.3) is 0 Å². The zero-order valence-corrected chi connectivity index (χ0v) is 38.9. The maximum absolute atomic E-state index is 12.8. The topological polar surface area (TPSA) is 253 Å². The van der Waals surface area contributed by atoms with Gasteiger partial charge < -0.3 is 39.5 Å². The maximum atomic E-state index is 12.8. The molecule has 6 N–H and O–H groups in total. The number of allylic oxidation sites excluding steroid dienone is 1. The highest BCUT2D eigenvalue weighted by Gasteiger charge is 2.39. The highest BCUT2D eigenvalue weighted by atomic mass is 31.2. The fourth-order valence-corrected chi connectivity index (χ4v) is 8.33. The molecule has 0 radical (unpaired) electrons. The molecule has 0 bridgehead atoms. The smallest absolute Gasteiger partial charge is 0.462 e. The predicted octanol–water partition coefficient (Wildman–Crippen LogP) is 8.18. The summed E-state index contributed by atoms with van der Waals surface area (Å²) in [7, 11) is -9.76. The molecule has 0 aromatic heterocycles. The molecule has 16 nitrogen and oxygen atoms in total. The molecular weight excluding hydrogens is 834 g/mol. The summed E-state index contributed by atoms with van der Waals surface area (Å²) in [5.41, 5.74) is 0. The van der Waals surface area contributed by atoms with Crippen LogP contribution in [0.25, 0.3) is 0 Å². The summed E-state index contributed by atoms with van der Waals surface area (Å²) in [6.07, 6.45) is 19.7. The van der Waals surface area contributed by atoms with Crippen molar-refractivity contribution in [2.45, 2.75) is 199 Å². The third kappa shape index (κ3) is 31.1. The molecule has 1 fully saturated rings. The molecule has 0 spiro atoms. The molecule has 0 heterocycles. The molecular formula is C43H80O16P2. The zero-order chi connectivity index (χ0) is 45.5. The number of phosphoric ester groups is 2. The Morgan fingerprint density at radius 2 is 1.26 bits per heavy atom. The Morgan fingerprint density at radius 3 is 1.87 bits per heavy atom. The van der Waals surface area contributed by atoms with Crippen molar-refractivity contribution in [3.63, 3.8) is 0 Å². The maximum Gasteiger partial charge on any atom is 0.472 e. The lowest BCUT2D eigenvalue weighted by Gasteiger charge is -2.20. The van der Waals surface area contributed by atoms with Crippen LogP contribution in [-0.2, 0) is 46.6 Å². The zero-order valence-electron chi connectivity index (χ0n) is 37.2. The number of unbranched alkanes of at least 4 members (excludes halogenated alkanes) is 14. The first-order chi connectivity index (χ1) is 29.0. The number of carbonyl (C=O) groups excluding carboxylic acids is 3. The van der Waals surface area contributed by atoms with Crippen molar-refractivity contribution in [2.24, 2.45) is 17.8 Å². The Kier molecular flexibility index (Phi) is 31.9. The summed E-state index contributed by atoms with van der Waals surface area (Å²) in [5, 5.41) is 30.6. The molecule has 1 aliphatic carbocycles. The Morgan fingerprint density at radius 1 is 0.721 bits per heavy atom. The number of Topliss-reactive ketones (excluding diaryl/α,β-unsaturated/α-hetero) is 1. The van der Waals surface area contributed by atoms with E-state index in [-0.39, 0.29) is 31.0 Å². The third-order valence-electron chi connectivity index (χ3n) is 11.1. The molecule has 1 saturated carbocycles. The lowest BCUT2D eigenvalue weighted by Crippen LogP contribution is -2.30. The lowest BCUT2D eigenvalue weighted by atomic mass is 9.88. The van der Waals surface area contributed by atoms with Crippen LogP contribution in [0.2, 0.25) is 0 Å². The second kappa shape index (κ2) is 33.9. The molecule has 0 saturated heterocycles. The molecule has 8 atom stereocenters. The van der Waals surface area contributed by atoms with Gasteiger partial charge in [0, 0.05) is 25.2 Å². The first-order valence-corrected chi connectivity index (χ1v) is 25.9. The van der Waals surface area contributed by atoms with Crippen molar-refractivity contribution < 1.29 is 76.6 Å². The van der Waals surface area contributed by atoms with E-state index in [1.54, 1.807) is 12.2 Å². The van der Waals surface area contributed by atoms with Crippen molar-refractivity contribution in [3.05, 3.63) is 12.2 Å². The van der Waals surface area contributed by atoms with Gasteiger partial charge in [-0.25, -0.2) is 9.13 Å². The van der Waals surface area contributed by atoms with E-state index in [0.29, 0.717) is 38.5 Å². The van der Waals surface area contributed by atoms with Crippen LogP contribution >= 0.6 is 15.6 Å². The van der Waals surface area contributed by atoms with Crippen molar-refractivity contribution in [3.8, 4) is 0 Å². The average molecular weight is 915 g/mol. The number of hydrogen-bond donors (Lipinski definition) is 6. The molecule has 0 amide bonds. The van der Waals surface area contributed by atoms with Crippen molar-refractivity contribution >= 4 is 33.4 Å². The molecule has 61 heavy (non-hydrogen) atoms. The molecule has 358 valence electrons. The molecule has 0 aliphatic heterocycles. The van der Waals surface area contributed by atoms with Crippen LogP contribution in [0.5, 0.6) is 0 Å². The van der Waals surface area contributed by atoms with Crippen LogP contribution in [0.1, 0.15) is 175 Å². The molecule has 18 heteroatoms. The Labute approximate surface area is 364 Å². The van der Waals surface area contributed by atoms with Gasteiger partial charge in [-0.05, 0) is 37.5 Å². The first kappa shape index (κ1) is 57.5. The van der Waals surface area contributed by atoms with Gasteiger partial charge >= 0.3 is 27.6 Å². The molecule has 1 rings (SSSR count). The first-order valence-electron chi connectivity index (χ1n) is 22.9. The summed E-state index contributed by atoms with van der Waals surface area (Å²) in [6, 6.07) is 0. The second-order valence-corrected chi connectivity index (χ2v) is 19.4. The van der Waals surface area contributed by atoms with Gasteiger partial charge in [0.05, 0.1) is 32.0 Å². The van der Waals surface area contributed by atoms with E-state index in [2.05, 4.69) is 29.8 Å². The van der Waals surface area contributed by atoms with E-state index < -0.39 is 84.3 Å². The molecule has 1 aliphatic rings. The summed E-state index contributed by atoms with van der Waals surface area (Å²) in [6.45, 7) is 3.72. The minimum Gasteiger partial charge on any atom is -0.462 e. The largest absolute Gasteiger partial charge is 0.472 e. The SMILES string of the molecule is CCCCC[C@H](O)/C=C/[C@H]1C(=O)C[C@H](O)[C@@H]1CCCCCCC(=O)O[C@H](COC(=O)CCCCCCCCCCCCC(C)CC)COP(=O)(O)OC[C@@H](O)COP(=O)(O)O. The quantitative estimate of drug-likeness (QED) is 0.0147. The molecule has 0 aromatic carbocycles. The van der Waals surface area contributed by atoms with Crippen molar-refractivity contribution in [1.29, 1.82) is 0 Å². The van der Waals surface area contributed by atoms with E-state index >= 15 is 0 Å². The van der Waals surface area contributed by atoms with Gasteiger partial charge in [-0.2, -0.15) is 0 Å². The fraction of sp³-hybridized carbons (Fsp3) is 0.884. The minimum atomic E-state index is -4.89. The van der Waals surface area contributed by atoms with Gasteiger partial charge in [0.1, 0.15) is 18.5 Å². The number of rotatable bonds is 39. The molecule has 2 unspecified atom stereocenters. The van der Waals surface area contributed by atoms with Crippen molar-refractivity contribution in [2.75, 3.05) is 26.4 Å². The monoisotopic (exact) mass is 914 g/mol. The van der Waals surface area contributed by atoms with Gasteiger partial charge in [-0.3, -0.25) is 28.0 Å². The number of phosphoric acid groups is 2. The number of ketones is 1. The summed E-state index contributed by atoms with van der Waals surface area (Å²) < 4.78 is 47.8. The van der Waals surface area contributed by atoms with Crippen LogP contribution in [0, 0.1) is 17.8 Å².